The molecule has 0 saturated heterocycles. The lowest BCUT2D eigenvalue weighted by atomic mass is 9.97. The van der Waals surface area contributed by atoms with E-state index >= 15 is 4.39 Å². The number of nitrogens with zero attached hydrogens (tertiary/aromatic N) is 7. The van der Waals surface area contributed by atoms with Gasteiger partial charge in [-0.3, -0.25) is 4.98 Å². The van der Waals surface area contributed by atoms with E-state index < -0.39 is 11.6 Å². The number of thiophene rings is 1. The molecule has 13 heteroatoms. The molecular formula is C29H28ClF2N9S. The van der Waals surface area contributed by atoms with Crippen LogP contribution in [0.5, 0.6) is 0 Å². The van der Waals surface area contributed by atoms with Crippen LogP contribution >= 0.6 is 22.9 Å². The molecule has 0 fully saturated rings. The fourth-order valence-electron chi connectivity index (χ4n) is 4.84. The highest BCUT2D eigenvalue weighted by atomic mass is 35.5. The van der Waals surface area contributed by atoms with Crippen molar-refractivity contribution >= 4 is 60.6 Å². The summed E-state index contributed by atoms with van der Waals surface area (Å²) in [7, 11) is 5.68. The lowest BCUT2D eigenvalue weighted by molar-refractivity contribution is 0.309. The van der Waals surface area contributed by atoms with Crippen LogP contribution < -0.4 is 16.4 Å². The Morgan fingerprint density at radius 3 is 2.48 bits per heavy atom. The van der Waals surface area contributed by atoms with Crippen LogP contribution in [0.2, 0.25) is 5.02 Å². The minimum Gasteiger partial charge on any atom is -0.389 e. The zero-order valence-corrected chi connectivity index (χ0v) is 25.1. The number of anilines is 3. The molecule has 0 aliphatic heterocycles. The monoisotopic (exact) mass is 607 g/mol. The Balaban J connectivity index is 1.79. The SMILES string of the molecule is C[C@H](c1nccnc1N)N(C)c1nc(C[C@H](C)N(C)C)nc2c(F)c(-c3ccc(F)c4sc(N)c(C#N)c34)c(Cl)cc12. The Kier molecular flexibility index (Phi) is 7.85. The molecular weight excluding hydrogens is 580 g/mol. The van der Waals surface area contributed by atoms with E-state index in [1.54, 1.807) is 19.3 Å². The Morgan fingerprint density at radius 1 is 1.10 bits per heavy atom. The molecule has 9 nitrogen and oxygen atoms in total. The number of aromatic nitrogens is 4. The minimum absolute atomic E-state index is 0.00593. The number of nitriles is 1. The van der Waals surface area contributed by atoms with Gasteiger partial charge in [0.15, 0.2) is 5.82 Å². The molecule has 42 heavy (non-hydrogen) atoms. The first-order chi connectivity index (χ1) is 19.9. The van der Waals surface area contributed by atoms with E-state index in [9.17, 15) is 9.65 Å². The highest BCUT2D eigenvalue weighted by Gasteiger charge is 2.27. The molecule has 3 aromatic heterocycles. The first-order valence-corrected chi connectivity index (χ1v) is 14.2. The van der Waals surface area contributed by atoms with Gasteiger partial charge in [0.25, 0.3) is 0 Å². The van der Waals surface area contributed by atoms with Gasteiger partial charge in [0, 0.05) is 48.2 Å². The highest BCUT2D eigenvalue weighted by molar-refractivity contribution is 7.23. The number of nitrogen functional groups attached to an aromatic ring is 2. The number of hydrogen-bond donors (Lipinski definition) is 2. The number of likely N-dealkylation sites (N-methyl/N-ethyl adjacent to an activating group) is 1. The second kappa shape index (κ2) is 11.2. The van der Waals surface area contributed by atoms with Crippen LogP contribution in [0.25, 0.3) is 32.1 Å². The van der Waals surface area contributed by atoms with Crippen molar-refractivity contribution in [2.75, 3.05) is 37.5 Å². The van der Waals surface area contributed by atoms with Gasteiger partial charge in [-0.25, -0.2) is 23.7 Å². The number of halogens is 3. The number of fused-ring (bicyclic) bond motifs is 2. The van der Waals surface area contributed by atoms with E-state index in [-0.39, 0.29) is 60.2 Å². The summed E-state index contributed by atoms with van der Waals surface area (Å²) in [6, 6.07) is 5.89. The van der Waals surface area contributed by atoms with Crippen molar-refractivity contribution in [3.05, 3.63) is 64.3 Å². The third-order valence-corrected chi connectivity index (χ3v) is 8.86. The van der Waals surface area contributed by atoms with Gasteiger partial charge in [-0.1, -0.05) is 17.7 Å². The molecule has 0 saturated carbocycles. The van der Waals surface area contributed by atoms with Crippen molar-refractivity contribution in [3.63, 3.8) is 0 Å². The number of rotatable bonds is 7. The molecule has 0 bridgehead atoms. The summed E-state index contributed by atoms with van der Waals surface area (Å²) in [5, 5.41) is 10.5. The topological polar surface area (TPSA) is 134 Å². The zero-order chi connectivity index (χ0) is 30.5. The standard InChI is InChI=1S/C29H28ClF2N9S/c1-13(40(3)4)10-20-38-25-16(29(39-20)41(5)14(2)24-27(34)37-9-8-36-24)11-18(30)22(23(25)32)15-6-7-19(31)26-21(15)17(12-33)28(35)42-26/h6-9,11,13-14H,10,35H2,1-5H3,(H2,34,37)/t13-,14+/m0/s1. The van der Waals surface area contributed by atoms with Gasteiger partial charge in [-0.2, -0.15) is 5.26 Å². The lowest BCUT2D eigenvalue weighted by Crippen LogP contribution is -2.29. The zero-order valence-electron chi connectivity index (χ0n) is 23.6. The van der Waals surface area contributed by atoms with Crippen molar-refractivity contribution in [1.29, 1.82) is 5.26 Å². The van der Waals surface area contributed by atoms with Gasteiger partial charge < -0.3 is 21.3 Å². The molecule has 0 unspecified atom stereocenters. The number of nitrogens with two attached hydrogens (primary N) is 2. The summed E-state index contributed by atoms with van der Waals surface area (Å²) in [4.78, 5) is 21.9. The largest absolute Gasteiger partial charge is 0.389 e. The number of hydrogen-bond acceptors (Lipinski definition) is 10. The van der Waals surface area contributed by atoms with Crippen molar-refractivity contribution in [3.8, 4) is 17.2 Å². The van der Waals surface area contributed by atoms with Crippen LogP contribution in [0, 0.1) is 23.0 Å². The average Bonchev–Trinajstić information content (AvgIpc) is 3.30. The molecule has 2 atom stereocenters. The molecule has 216 valence electrons. The Hall–Kier alpha value is -4.18. The second-order valence-corrected chi connectivity index (χ2v) is 11.7. The van der Waals surface area contributed by atoms with Crippen molar-refractivity contribution < 1.29 is 8.78 Å². The Morgan fingerprint density at radius 2 is 1.81 bits per heavy atom. The van der Waals surface area contributed by atoms with Gasteiger partial charge >= 0.3 is 0 Å². The van der Waals surface area contributed by atoms with Crippen molar-refractivity contribution in [2.45, 2.75) is 32.4 Å². The predicted octanol–water partition coefficient (Wildman–Crippen LogP) is 5.96. The minimum atomic E-state index is -0.721. The molecule has 5 rings (SSSR count). The van der Waals surface area contributed by atoms with E-state index in [0.29, 0.717) is 29.1 Å². The van der Waals surface area contributed by atoms with Gasteiger partial charge in [0.1, 0.15) is 45.6 Å². The molecule has 3 heterocycles. The summed E-state index contributed by atoms with van der Waals surface area (Å²) in [6.07, 6.45) is 3.49. The fourth-order valence-corrected chi connectivity index (χ4v) is 6.08. The maximum atomic E-state index is 16.7. The van der Waals surface area contributed by atoms with Crippen LogP contribution in [0.3, 0.4) is 0 Å². The predicted molar refractivity (Wildman–Crippen MR) is 165 cm³/mol. The summed E-state index contributed by atoms with van der Waals surface area (Å²) in [5.41, 5.74) is 13.0. The second-order valence-electron chi connectivity index (χ2n) is 10.3. The third kappa shape index (κ3) is 4.93. The normalized spacial score (nSPS) is 13.0. The smallest absolute Gasteiger partial charge is 0.158 e. The van der Waals surface area contributed by atoms with E-state index in [2.05, 4.69) is 15.0 Å². The molecule has 0 radical (unpaired) electrons. The summed E-state index contributed by atoms with van der Waals surface area (Å²) in [6.45, 7) is 3.91. The van der Waals surface area contributed by atoms with Gasteiger partial charge in [0.2, 0.25) is 0 Å². The van der Waals surface area contributed by atoms with Gasteiger partial charge in [-0.15, -0.1) is 11.3 Å². The van der Waals surface area contributed by atoms with Crippen LogP contribution in [0.1, 0.15) is 37.0 Å². The van der Waals surface area contributed by atoms with E-state index in [1.165, 1.54) is 18.3 Å². The molecule has 4 N–H and O–H groups in total. The Bertz CT molecular complexity index is 1890. The van der Waals surface area contributed by atoms with Gasteiger partial charge in [0.05, 0.1) is 21.3 Å². The molecule has 0 aliphatic rings. The molecule has 0 aliphatic carbocycles. The van der Waals surface area contributed by atoms with Crippen LogP contribution in [-0.2, 0) is 6.42 Å². The van der Waals surface area contributed by atoms with E-state index in [1.807, 2.05) is 43.8 Å². The first-order valence-electron chi connectivity index (χ1n) is 13.0. The summed E-state index contributed by atoms with van der Waals surface area (Å²) in [5.74, 6) is -0.174. The van der Waals surface area contributed by atoms with Gasteiger partial charge in [-0.05, 0) is 45.6 Å². The fraction of sp³-hybridized carbons (Fsp3) is 0.276. The Labute approximate surface area is 250 Å². The average molecular weight is 608 g/mol. The summed E-state index contributed by atoms with van der Waals surface area (Å²) >= 11 is 7.71. The molecule has 0 amide bonds. The molecule has 5 aromatic rings. The maximum Gasteiger partial charge on any atom is 0.158 e. The van der Waals surface area contributed by atoms with Crippen molar-refractivity contribution in [2.24, 2.45) is 0 Å². The van der Waals surface area contributed by atoms with Crippen LogP contribution in [0.4, 0.5) is 25.4 Å². The van der Waals surface area contributed by atoms with Crippen LogP contribution in [-0.4, -0.2) is 52.0 Å². The summed E-state index contributed by atoms with van der Waals surface area (Å²) < 4.78 is 31.7. The number of benzene rings is 2. The van der Waals surface area contributed by atoms with E-state index in [0.717, 1.165) is 11.3 Å². The maximum absolute atomic E-state index is 16.7. The lowest BCUT2D eigenvalue weighted by Gasteiger charge is -2.28. The molecule has 0 spiro atoms. The highest BCUT2D eigenvalue weighted by Crippen LogP contribution is 2.45. The first kappa shape index (κ1) is 29.3. The molecule has 2 aromatic carbocycles. The van der Waals surface area contributed by atoms with Crippen LogP contribution in [0.15, 0.2) is 30.6 Å². The van der Waals surface area contributed by atoms with Crippen molar-refractivity contribution in [1.82, 2.24) is 24.8 Å². The van der Waals surface area contributed by atoms with E-state index in [4.69, 9.17) is 28.1 Å². The third-order valence-electron chi connectivity index (χ3n) is 7.53. The quantitative estimate of drug-likeness (QED) is 0.230.